The Kier molecular flexibility index (Phi) is 3.48. The maximum atomic E-state index is 12.0. The number of nitro groups is 1. The van der Waals surface area contributed by atoms with Gasteiger partial charge >= 0.3 is 6.18 Å². The summed E-state index contributed by atoms with van der Waals surface area (Å²) in [7, 11) is 0. The zero-order chi connectivity index (χ0) is 12.3. The van der Waals surface area contributed by atoms with Crippen molar-refractivity contribution < 1.29 is 23.2 Å². The first-order valence-electron chi connectivity index (χ1n) is 4.29. The third-order valence-corrected chi connectivity index (χ3v) is 1.92. The topological polar surface area (TPSA) is 63.4 Å². The molecule has 1 aromatic carbocycles. The lowest BCUT2D eigenvalue weighted by molar-refractivity contribution is -0.386. The summed E-state index contributed by atoms with van der Waals surface area (Å²) in [5.74, 6) is 0. The fourth-order valence-electron chi connectivity index (χ4n) is 1.26. The molecule has 0 aliphatic rings. The predicted molar refractivity (Wildman–Crippen MR) is 48.7 cm³/mol. The molecule has 1 atom stereocenters. The van der Waals surface area contributed by atoms with Crippen LogP contribution in [0, 0.1) is 10.1 Å². The van der Waals surface area contributed by atoms with Gasteiger partial charge in [-0.3, -0.25) is 10.1 Å². The minimum atomic E-state index is -4.57. The van der Waals surface area contributed by atoms with Crippen molar-refractivity contribution in [2.45, 2.75) is 18.7 Å². The molecule has 0 amide bonds. The number of halogens is 3. The molecular weight excluding hydrogens is 227 g/mol. The molecule has 0 saturated carbocycles. The highest BCUT2D eigenvalue weighted by Crippen LogP contribution is 2.33. The number of rotatable bonds is 3. The monoisotopic (exact) mass is 235 g/mol. The SMILES string of the molecule is O=[N+]([O-])c1ccccc1C(O)CC(F)(F)F. The Morgan fingerprint density at radius 2 is 1.94 bits per heavy atom. The first kappa shape index (κ1) is 12.4. The van der Waals surface area contributed by atoms with Gasteiger partial charge in [0.2, 0.25) is 0 Å². The molecule has 0 bridgehead atoms. The van der Waals surface area contributed by atoms with Crippen molar-refractivity contribution in [3.63, 3.8) is 0 Å². The number of alkyl halides is 3. The molecule has 1 rings (SSSR count). The molecule has 0 fully saturated rings. The second-order valence-electron chi connectivity index (χ2n) is 3.15. The second-order valence-corrected chi connectivity index (χ2v) is 3.15. The molecule has 0 radical (unpaired) electrons. The number of nitro benzene ring substituents is 1. The highest BCUT2D eigenvalue weighted by Gasteiger charge is 2.34. The largest absolute Gasteiger partial charge is 0.391 e. The summed E-state index contributed by atoms with van der Waals surface area (Å²) in [6.45, 7) is 0. The van der Waals surface area contributed by atoms with Crippen LogP contribution in [-0.4, -0.2) is 16.2 Å². The summed E-state index contributed by atoms with van der Waals surface area (Å²) in [4.78, 5) is 9.68. The number of benzene rings is 1. The van der Waals surface area contributed by atoms with E-state index in [2.05, 4.69) is 0 Å². The molecule has 0 aromatic heterocycles. The van der Waals surface area contributed by atoms with Crippen LogP contribution in [0.5, 0.6) is 0 Å². The fourth-order valence-corrected chi connectivity index (χ4v) is 1.26. The number of aliphatic hydroxyl groups is 1. The van der Waals surface area contributed by atoms with Crippen LogP contribution in [0.4, 0.5) is 18.9 Å². The van der Waals surface area contributed by atoms with Gasteiger partial charge in [-0.1, -0.05) is 12.1 Å². The number of aliphatic hydroxyl groups excluding tert-OH is 1. The Morgan fingerprint density at radius 3 is 2.44 bits per heavy atom. The molecule has 0 aliphatic heterocycles. The average Bonchev–Trinajstić information content (AvgIpc) is 2.15. The van der Waals surface area contributed by atoms with E-state index in [1.807, 2.05) is 0 Å². The van der Waals surface area contributed by atoms with Gasteiger partial charge in [-0.25, -0.2) is 0 Å². The molecule has 1 unspecified atom stereocenters. The molecule has 4 nitrogen and oxygen atoms in total. The number of hydrogen-bond donors (Lipinski definition) is 1. The molecule has 0 aliphatic carbocycles. The fraction of sp³-hybridized carbons (Fsp3) is 0.333. The Bertz CT molecular complexity index is 392. The first-order chi connectivity index (χ1) is 7.31. The molecule has 0 spiro atoms. The van der Waals surface area contributed by atoms with E-state index in [1.165, 1.54) is 12.1 Å². The second kappa shape index (κ2) is 4.48. The Hall–Kier alpha value is -1.63. The predicted octanol–water partition coefficient (Wildman–Crippen LogP) is 2.58. The zero-order valence-corrected chi connectivity index (χ0v) is 7.94. The van der Waals surface area contributed by atoms with Gasteiger partial charge in [0.25, 0.3) is 5.69 Å². The van der Waals surface area contributed by atoms with Crippen molar-refractivity contribution in [2.24, 2.45) is 0 Å². The van der Waals surface area contributed by atoms with E-state index in [9.17, 15) is 28.4 Å². The van der Waals surface area contributed by atoms with Crippen molar-refractivity contribution in [3.8, 4) is 0 Å². The van der Waals surface area contributed by atoms with Gasteiger partial charge in [-0.2, -0.15) is 13.2 Å². The lowest BCUT2D eigenvalue weighted by atomic mass is 10.0. The quantitative estimate of drug-likeness (QED) is 0.646. The number of hydrogen-bond acceptors (Lipinski definition) is 3. The van der Waals surface area contributed by atoms with Gasteiger partial charge in [0.1, 0.15) is 0 Å². The molecule has 7 heteroatoms. The van der Waals surface area contributed by atoms with Gasteiger partial charge in [-0.15, -0.1) is 0 Å². The van der Waals surface area contributed by atoms with Crippen LogP contribution < -0.4 is 0 Å². The van der Waals surface area contributed by atoms with E-state index >= 15 is 0 Å². The minimum Gasteiger partial charge on any atom is -0.388 e. The van der Waals surface area contributed by atoms with Crippen molar-refractivity contribution in [1.29, 1.82) is 0 Å². The summed E-state index contributed by atoms with van der Waals surface area (Å²) in [5, 5.41) is 19.8. The van der Waals surface area contributed by atoms with Gasteiger partial charge < -0.3 is 5.11 Å². The minimum absolute atomic E-state index is 0.329. The number of para-hydroxylation sites is 1. The van der Waals surface area contributed by atoms with Crippen LogP contribution in [0.25, 0.3) is 0 Å². The van der Waals surface area contributed by atoms with Gasteiger partial charge in [0, 0.05) is 6.07 Å². The van der Waals surface area contributed by atoms with Crippen LogP contribution >= 0.6 is 0 Å². The Morgan fingerprint density at radius 1 is 1.38 bits per heavy atom. The first-order valence-corrected chi connectivity index (χ1v) is 4.29. The third kappa shape index (κ3) is 3.20. The summed E-state index contributed by atoms with van der Waals surface area (Å²) < 4.78 is 36.0. The highest BCUT2D eigenvalue weighted by atomic mass is 19.4. The average molecular weight is 235 g/mol. The maximum Gasteiger partial charge on any atom is 0.391 e. The van der Waals surface area contributed by atoms with Crippen LogP contribution in [0.1, 0.15) is 18.1 Å². The van der Waals surface area contributed by atoms with Gasteiger partial charge in [-0.05, 0) is 6.07 Å². The Labute approximate surface area is 88.5 Å². The number of nitrogens with zero attached hydrogens (tertiary/aromatic N) is 1. The lowest BCUT2D eigenvalue weighted by Crippen LogP contribution is -2.14. The van der Waals surface area contributed by atoms with E-state index in [0.29, 0.717) is 0 Å². The smallest absolute Gasteiger partial charge is 0.388 e. The van der Waals surface area contributed by atoms with Crippen molar-refractivity contribution >= 4 is 5.69 Å². The molecule has 16 heavy (non-hydrogen) atoms. The van der Waals surface area contributed by atoms with Gasteiger partial charge in [0.05, 0.1) is 23.0 Å². The van der Waals surface area contributed by atoms with Crippen LogP contribution in [0.15, 0.2) is 24.3 Å². The molecule has 1 aromatic rings. The van der Waals surface area contributed by atoms with Gasteiger partial charge in [0.15, 0.2) is 0 Å². The van der Waals surface area contributed by atoms with Crippen LogP contribution in [0.2, 0.25) is 0 Å². The normalized spacial score (nSPS) is 13.5. The molecule has 0 saturated heterocycles. The van der Waals surface area contributed by atoms with E-state index in [1.54, 1.807) is 0 Å². The van der Waals surface area contributed by atoms with E-state index in [-0.39, 0.29) is 5.56 Å². The highest BCUT2D eigenvalue weighted by molar-refractivity contribution is 5.41. The lowest BCUT2D eigenvalue weighted by Gasteiger charge is -2.13. The summed E-state index contributed by atoms with van der Waals surface area (Å²) >= 11 is 0. The van der Waals surface area contributed by atoms with Crippen molar-refractivity contribution in [3.05, 3.63) is 39.9 Å². The summed E-state index contributed by atoms with van der Waals surface area (Å²) in [6, 6.07) is 4.81. The standard InChI is InChI=1S/C9H8F3NO3/c10-9(11,12)5-8(14)6-3-1-2-4-7(6)13(15)16/h1-4,8,14H,5H2. The van der Waals surface area contributed by atoms with Crippen LogP contribution in [0.3, 0.4) is 0 Å². The Balaban J connectivity index is 2.99. The summed E-state index contributed by atoms with van der Waals surface area (Å²) in [5.41, 5.74) is -0.843. The molecule has 88 valence electrons. The van der Waals surface area contributed by atoms with Crippen molar-refractivity contribution in [2.75, 3.05) is 0 Å². The van der Waals surface area contributed by atoms with E-state index < -0.39 is 29.3 Å². The molecule has 0 heterocycles. The zero-order valence-electron chi connectivity index (χ0n) is 7.94. The van der Waals surface area contributed by atoms with Crippen molar-refractivity contribution in [1.82, 2.24) is 0 Å². The van der Waals surface area contributed by atoms with Crippen LogP contribution in [-0.2, 0) is 0 Å². The van der Waals surface area contributed by atoms with E-state index in [4.69, 9.17) is 0 Å². The molecular formula is C9H8F3NO3. The maximum absolute atomic E-state index is 12.0. The molecule has 1 N–H and O–H groups in total. The van der Waals surface area contributed by atoms with E-state index in [0.717, 1.165) is 12.1 Å². The third-order valence-electron chi connectivity index (χ3n) is 1.92. The summed E-state index contributed by atoms with van der Waals surface area (Å²) in [6.07, 6.45) is -7.98.